The van der Waals surface area contributed by atoms with Crippen molar-refractivity contribution in [2.24, 2.45) is 5.41 Å². The van der Waals surface area contributed by atoms with Crippen LogP contribution in [0.2, 0.25) is 0 Å². The third-order valence-corrected chi connectivity index (χ3v) is 3.33. The molecule has 0 saturated heterocycles. The number of hydrogen-bond donors (Lipinski definition) is 0. The van der Waals surface area contributed by atoms with Gasteiger partial charge in [-0.25, -0.2) is 0 Å². The van der Waals surface area contributed by atoms with Gasteiger partial charge < -0.3 is 0 Å². The Morgan fingerprint density at radius 3 is 1.69 bits per heavy atom. The van der Waals surface area contributed by atoms with E-state index in [-0.39, 0.29) is 11.6 Å². The van der Waals surface area contributed by atoms with Crippen LogP contribution in [-0.2, 0) is 9.59 Å². The van der Waals surface area contributed by atoms with Crippen LogP contribution in [0.1, 0.15) is 52.4 Å². The van der Waals surface area contributed by atoms with E-state index in [0.717, 1.165) is 12.8 Å². The van der Waals surface area contributed by atoms with Crippen LogP contribution in [-0.4, -0.2) is 11.6 Å². The van der Waals surface area contributed by atoms with E-state index in [1.165, 1.54) is 0 Å². The maximum absolute atomic E-state index is 11.8. The highest BCUT2D eigenvalue weighted by atomic mass is 16.2. The topological polar surface area (TPSA) is 34.1 Å². The summed E-state index contributed by atoms with van der Waals surface area (Å²) in [5, 5.41) is 0. The van der Waals surface area contributed by atoms with Crippen LogP contribution in [0.4, 0.5) is 0 Å². The fourth-order valence-corrected chi connectivity index (χ4v) is 2.24. The zero-order valence-corrected chi connectivity index (χ0v) is 8.56. The predicted octanol–water partition coefficient (Wildman–Crippen LogP) is 2.51. The van der Waals surface area contributed by atoms with E-state index in [1.54, 1.807) is 0 Å². The molecule has 0 aromatic rings. The van der Waals surface area contributed by atoms with Gasteiger partial charge in [-0.1, -0.05) is 13.8 Å². The number of Topliss-reactive ketones (excluding diaryl/α,β-unsaturated/α-hetero) is 2. The summed E-state index contributed by atoms with van der Waals surface area (Å²) in [5.74, 6) is 0.361. The minimum Gasteiger partial charge on any atom is -0.299 e. The van der Waals surface area contributed by atoms with Gasteiger partial charge in [-0.3, -0.25) is 9.59 Å². The normalized spacial score (nSPS) is 22.9. The Balaban J connectivity index is 2.96. The van der Waals surface area contributed by atoms with Gasteiger partial charge in [0.2, 0.25) is 0 Å². The molecule has 0 spiro atoms. The van der Waals surface area contributed by atoms with Crippen LogP contribution in [0.25, 0.3) is 0 Å². The zero-order valence-electron chi connectivity index (χ0n) is 8.56. The molecule has 13 heavy (non-hydrogen) atoms. The first kappa shape index (κ1) is 10.4. The van der Waals surface area contributed by atoms with Crippen molar-refractivity contribution >= 4 is 11.6 Å². The molecular formula is C11H18O2. The second-order valence-corrected chi connectivity index (χ2v) is 3.84. The molecule has 2 nitrogen and oxygen atoms in total. The molecule has 0 heterocycles. The summed E-state index contributed by atoms with van der Waals surface area (Å²) in [6.45, 7) is 3.90. The number of rotatable bonds is 2. The molecule has 0 bridgehead atoms. The van der Waals surface area contributed by atoms with Gasteiger partial charge in [0.05, 0.1) is 5.41 Å². The summed E-state index contributed by atoms with van der Waals surface area (Å²) in [5.41, 5.74) is -0.615. The molecule has 1 aliphatic carbocycles. The van der Waals surface area contributed by atoms with Crippen molar-refractivity contribution in [3.63, 3.8) is 0 Å². The minimum absolute atomic E-state index is 0.181. The van der Waals surface area contributed by atoms with E-state index in [2.05, 4.69) is 0 Å². The Kier molecular flexibility index (Phi) is 3.23. The van der Waals surface area contributed by atoms with Crippen LogP contribution < -0.4 is 0 Å². The van der Waals surface area contributed by atoms with Gasteiger partial charge in [0.15, 0.2) is 0 Å². The van der Waals surface area contributed by atoms with E-state index in [0.29, 0.717) is 25.7 Å². The highest BCUT2D eigenvalue weighted by Crippen LogP contribution is 2.35. The molecule has 1 aliphatic rings. The molecule has 0 atom stereocenters. The quantitative estimate of drug-likeness (QED) is 0.485. The average Bonchev–Trinajstić information content (AvgIpc) is 2.27. The molecule has 0 N–H and O–H groups in total. The molecule has 2 heteroatoms. The summed E-state index contributed by atoms with van der Waals surface area (Å²) >= 11 is 0. The van der Waals surface area contributed by atoms with E-state index in [9.17, 15) is 9.59 Å². The van der Waals surface area contributed by atoms with Gasteiger partial charge in [0.1, 0.15) is 11.6 Å². The molecule has 0 aromatic carbocycles. The molecule has 0 aromatic heterocycles. The maximum atomic E-state index is 11.8. The largest absolute Gasteiger partial charge is 0.299 e. The van der Waals surface area contributed by atoms with Crippen molar-refractivity contribution in [2.75, 3.05) is 0 Å². The third-order valence-electron chi connectivity index (χ3n) is 3.33. The Bertz CT molecular complexity index is 194. The lowest BCUT2D eigenvalue weighted by molar-refractivity contribution is -0.140. The smallest absolute Gasteiger partial charge is 0.146 e. The Hall–Kier alpha value is -0.660. The fraction of sp³-hybridized carbons (Fsp3) is 0.818. The molecule has 0 unspecified atom stereocenters. The Morgan fingerprint density at radius 1 is 1.00 bits per heavy atom. The van der Waals surface area contributed by atoms with Gasteiger partial charge >= 0.3 is 0 Å². The van der Waals surface area contributed by atoms with Gasteiger partial charge in [0, 0.05) is 12.8 Å². The molecule has 74 valence electrons. The number of hydrogen-bond acceptors (Lipinski definition) is 2. The van der Waals surface area contributed by atoms with Crippen molar-refractivity contribution in [2.45, 2.75) is 52.4 Å². The third kappa shape index (κ3) is 1.67. The van der Waals surface area contributed by atoms with Crippen molar-refractivity contribution in [3.8, 4) is 0 Å². The zero-order chi connectivity index (χ0) is 9.90. The molecule has 0 radical (unpaired) electrons. The lowest BCUT2D eigenvalue weighted by Gasteiger charge is -2.26. The van der Waals surface area contributed by atoms with Crippen molar-refractivity contribution in [1.29, 1.82) is 0 Å². The number of ketones is 2. The molecule has 1 fully saturated rings. The first-order valence-electron chi connectivity index (χ1n) is 5.24. The first-order chi connectivity index (χ1) is 6.17. The van der Waals surface area contributed by atoms with Crippen molar-refractivity contribution in [3.05, 3.63) is 0 Å². The van der Waals surface area contributed by atoms with Crippen molar-refractivity contribution < 1.29 is 9.59 Å². The monoisotopic (exact) mass is 182 g/mol. The number of carbonyl (C=O) groups is 2. The van der Waals surface area contributed by atoms with E-state index in [4.69, 9.17) is 0 Å². The lowest BCUT2D eigenvalue weighted by Crippen LogP contribution is -2.36. The summed E-state index contributed by atoms with van der Waals surface area (Å²) in [6.07, 6.45) is 4.36. The molecule has 0 amide bonds. The standard InChI is InChI=1S/C11H18O2/c1-3-11(4-2)9(12)7-5-6-8-10(11)13/h3-8H2,1-2H3. The first-order valence-corrected chi connectivity index (χ1v) is 5.24. The van der Waals surface area contributed by atoms with Crippen LogP contribution in [0.5, 0.6) is 0 Å². The summed E-state index contributed by atoms with van der Waals surface area (Å²) in [4.78, 5) is 23.6. The van der Waals surface area contributed by atoms with E-state index in [1.807, 2.05) is 13.8 Å². The maximum Gasteiger partial charge on any atom is 0.146 e. The van der Waals surface area contributed by atoms with Crippen LogP contribution in [0.3, 0.4) is 0 Å². The van der Waals surface area contributed by atoms with Crippen LogP contribution in [0, 0.1) is 5.41 Å². The van der Waals surface area contributed by atoms with Gasteiger partial charge in [0.25, 0.3) is 0 Å². The van der Waals surface area contributed by atoms with Gasteiger partial charge in [-0.2, -0.15) is 0 Å². The highest BCUT2D eigenvalue weighted by molar-refractivity contribution is 6.07. The Morgan fingerprint density at radius 2 is 1.38 bits per heavy atom. The highest BCUT2D eigenvalue weighted by Gasteiger charge is 2.41. The number of carbonyl (C=O) groups excluding carboxylic acids is 2. The van der Waals surface area contributed by atoms with E-state index < -0.39 is 5.41 Å². The molecule has 1 saturated carbocycles. The van der Waals surface area contributed by atoms with Gasteiger partial charge in [-0.15, -0.1) is 0 Å². The van der Waals surface area contributed by atoms with Crippen LogP contribution >= 0.6 is 0 Å². The summed E-state index contributed by atoms with van der Waals surface area (Å²) < 4.78 is 0. The second-order valence-electron chi connectivity index (χ2n) is 3.84. The van der Waals surface area contributed by atoms with E-state index >= 15 is 0 Å². The summed E-state index contributed by atoms with van der Waals surface area (Å²) in [6, 6.07) is 0. The second kappa shape index (κ2) is 4.03. The lowest BCUT2D eigenvalue weighted by atomic mass is 9.74. The molecule has 0 aliphatic heterocycles. The molecular weight excluding hydrogens is 164 g/mol. The minimum atomic E-state index is -0.615. The van der Waals surface area contributed by atoms with Crippen molar-refractivity contribution in [1.82, 2.24) is 0 Å². The van der Waals surface area contributed by atoms with Crippen LogP contribution in [0.15, 0.2) is 0 Å². The SMILES string of the molecule is CCC1(CC)C(=O)CCCCC1=O. The average molecular weight is 182 g/mol. The fourth-order valence-electron chi connectivity index (χ4n) is 2.24. The van der Waals surface area contributed by atoms with Gasteiger partial charge in [-0.05, 0) is 25.7 Å². The molecule has 1 rings (SSSR count). The predicted molar refractivity (Wildman–Crippen MR) is 51.5 cm³/mol. The summed E-state index contributed by atoms with van der Waals surface area (Å²) in [7, 11) is 0. The Labute approximate surface area is 79.7 Å².